The molecule has 150 valence electrons. The Morgan fingerprint density at radius 1 is 1.00 bits per heavy atom. The van der Waals surface area contributed by atoms with Gasteiger partial charge < -0.3 is 45.2 Å². The maximum atomic E-state index is 12.3. The van der Waals surface area contributed by atoms with Gasteiger partial charge in [0.1, 0.15) is 17.8 Å². The molecular weight excluding hydrogens is 372 g/mol. The molecular formula is C15H18O12. The number of rotatable bonds is 7. The van der Waals surface area contributed by atoms with Crippen molar-refractivity contribution in [1.29, 1.82) is 0 Å². The highest BCUT2D eigenvalue weighted by atomic mass is 16.6. The fourth-order valence-corrected chi connectivity index (χ4v) is 2.09. The molecule has 0 aliphatic carbocycles. The third-order valence-electron chi connectivity index (χ3n) is 3.56. The van der Waals surface area contributed by atoms with E-state index in [0.717, 1.165) is 13.2 Å². The smallest absolute Gasteiger partial charge is 0.350 e. The lowest BCUT2D eigenvalue weighted by Crippen LogP contribution is -2.51. The second kappa shape index (κ2) is 8.53. The molecule has 0 aliphatic heterocycles. The molecule has 0 saturated heterocycles. The Labute approximate surface area is 151 Å². The highest BCUT2D eigenvalue weighted by Gasteiger charge is 2.42. The van der Waals surface area contributed by atoms with Crippen LogP contribution < -0.4 is 0 Å². The van der Waals surface area contributed by atoms with Crippen molar-refractivity contribution in [2.45, 2.75) is 31.3 Å². The van der Waals surface area contributed by atoms with E-state index in [-0.39, 0.29) is 5.56 Å². The molecule has 0 amide bonds. The van der Waals surface area contributed by atoms with E-state index in [1.165, 1.54) is 6.92 Å². The summed E-state index contributed by atoms with van der Waals surface area (Å²) in [5.41, 5.74) is -0.767. The zero-order valence-corrected chi connectivity index (χ0v) is 14.1. The summed E-state index contributed by atoms with van der Waals surface area (Å²) in [7, 11) is 0.838. The van der Waals surface area contributed by atoms with Gasteiger partial charge in [-0.25, -0.2) is 14.4 Å². The van der Waals surface area contributed by atoms with E-state index in [1.807, 2.05) is 0 Å². The first kappa shape index (κ1) is 22.0. The summed E-state index contributed by atoms with van der Waals surface area (Å²) in [6.45, 7) is 1.24. The van der Waals surface area contributed by atoms with Crippen LogP contribution in [0.5, 0.6) is 17.2 Å². The average molecular weight is 390 g/mol. The molecule has 0 saturated carbocycles. The van der Waals surface area contributed by atoms with Crippen LogP contribution in [0.25, 0.3) is 0 Å². The number of hydrogen-bond acceptors (Lipinski definition) is 11. The quantitative estimate of drug-likeness (QED) is 0.198. The first-order valence-corrected chi connectivity index (χ1v) is 7.24. The van der Waals surface area contributed by atoms with Crippen molar-refractivity contribution in [2.75, 3.05) is 7.11 Å². The highest BCUT2D eigenvalue weighted by Crippen LogP contribution is 2.39. The van der Waals surface area contributed by atoms with Gasteiger partial charge in [0.05, 0.1) is 7.11 Å². The molecule has 4 atom stereocenters. The lowest BCUT2D eigenvalue weighted by Gasteiger charge is -2.26. The number of phenolic OH excluding ortho intramolecular Hbond substituents is 3. The number of methoxy groups -OCH3 is 1. The molecule has 0 radical (unpaired) electrons. The van der Waals surface area contributed by atoms with Crippen molar-refractivity contribution in [3.8, 4) is 17.2 Å². The Bertz CT molecular complexity index is 743. The number of esters is 2. The van der Waals surface area contributed by atoms with Gasteiger partial charge in [0.2, 0.25) is 11.9 Å². The van der Waals surface area contributed by atoms with Gasteiger partial charge >= 0.3 is 17.9 Å². The molecule has 1 rings (SSSR count). The molecule has 12 nitrogen and oxygen atoms in total. The first-order chi connectivity index (χ1) is 12.4. The number of aliphatic hydroxyl groups is 3. The lowest BCUT2D eigenvalue weighted by molar-refractivity contribution is -0.175. The summed E-state index contributed by atoms with van der Waals surface area (Å²) in [5.74, 6) is -7.69. The topological polar surface area (TPSA) is 211 Å². The van der Waals surface area contributed by atoms with E-state index in [0.29, 0.717) is 0 Å². The molecule has 27 heavy (non-hydrogen) atoms. The Morgan fingerprint density at radius 2 is 1.56 bits per heavy atom. The Balaban J connectivity index is 3.22. The molecule has 1 aromatic carbocycles. The zero-order valence-electron chi connectivity index (χ0n) is 14.1. The number of carbonyl (C=O) groups excluding carboxylic acids is 2. The van der Waals surface area contributed by atoms with E-state index in [9.17, 15) is 45.0 Å². The van der Waals surface area contributed by atoms with Crippen LogP contribution in [0.1, 0.15) is 15.9 Å². The summed E-state index contributed by atoms with van der Waals surface area (Å²) in [6, 6.07) is 0.901. The highest BCUT2D eigenvalue weighted by molar-refractivity contribution is 5.97. The number of aryl methyl sites for hydroxylation is 1. The Kier molecular flexibility index (Phi) is 6.93. The van der Waals surface area contributed by atoms with Gasteiger partial charge in [-0.05, 0) is 18.6 Å². The standard InChI is InChI=1S/C15H18O12/c1-4-3-5(16)7(17)8(18)6(4)14(24)27-12(15(25)26-2)10(20)9(19)11(21)13(22)23/h3,9-12,16-21H,1-2H3,(H,22,23)/t9-,10+,11+,12-/m1/s1. The van der Waals surface area contributed by atoms with Crippen molar-refractivity contribution >= 4 is 17.9 Å². The number of carbonyl (C=O) groups is 3. The number of benzene rings is 1. The molecule has 0 bridgehead atoms. The third-order valence-corrected chi connectivity index (χ3v) is 3.56. The molecule has 0 spiro atoms. The molecule has 0 heterocycles. The first-order valence-electron chi connectivity index (χ1n) is 7.24. The van der Waals surface area contributed by atoms with Gasteiger partial charge in [-0.2, -0.15) is 0 Å². The maximum Gasteiger partial charge on any atom is 0.350 e. The number of ether oxygens (including phenoxy) is 2. The van der Waals surface area contributed by atoms with Crippen LogP contribution in [0.4, 0.5) is 0 Å². The molecule has 0 unspecified atom stereocenters. The minimum Gasteiger partial charge on any atom is -0.504 e. The zero-order chi connectivity index (χ0) is 21.0. The van der Waals surface area contributed by atoms with Gasteiger partial charge in [-0.3, -0.25) is 0 Å². The molecule has 0 fully saturated rings. The number of phenols is 3. The summed E-state index contributed by atoms with van der Waals surface area (Å²) in [6.07, 6.45) is -9.66. The number of carboxylic acids is 1. The summed E-state index contributed by atoms with van der Waals surface area (Å²) < 4.78 is 8.97. The van der Waals surface area contributed by atoms with Crippen LogP contribution in [-0.4, -0.2) is 85.2 Å². The van der Waals surface area contributed by atoms with Crippen LogP contribution in [0, 0.1) is 6.92 Å². The Hall–Kier alpha value is -3.09. The molecule has 1 aromatic rings. The minimum atomic E-state index is -2.52. The van der Waals surface area contributed by atoms with Gasteiger partial charge in [0.15, 0.2) is 17.6 Å². The van der Waals surface area contributed by atoms with E-state index in [1.54, 1.807) is 0 Å². The normalized spacial score (nSPS) is 15.3. The van der Waals surface area contributed by atoms with Crippen molar-refractivity contribution < 1.29 is 59.6 Å². The molecule has 12 heteroatoms. The fourth-order valence-electron chi connectivity index (χ4n) is 2.09. The predicted octanol–water partition coefficient (Wildman–Crippen LogP) is -2.02. The summed E-state index contributed by atoms with van der Waals surface area (Å²) >= 11 is 0. The number of aromatic hydroxyl groups is 3. The molecule has 0 aliphatic rings. The van der Waals surface area contributed by atoms with Crippen LogP contribution in [-0.2, 0) is 19.1 Å². The number of carboxylic acid groups (broad SMARTS) is 1. The van der Waals surface area contributed by atoms with Gasteiger partial charge in [-0.1, -0.05) is 0 Å². The van der Waals surface area contributed by atoms with E-state index >= 15 is 0 Å². The second-order valence-electron chi connectivity index (χ2n) is 5.40. The number of aliphatic carboxylic acids is 1. The lowest BCUT2D eigenvalue weighted by atomic mass is 10.0. The molecule has 0 aromatic heterocycles. The summed E-state index contributed by atoms with van der Waals surface area (Å²) in [5, 5.41) is 66.1. The minimum absolute atomic E-state index is 0.0861. The van der Waals surface area contributed by atoms with Gasteiger partial charge in [0.25, 0.3) is 0 Å². The van der Waals surface area contributed by atoms with E-state index in [4.69, 9.17) is 5.11 Å². The van der Waals surface area contributed by atoms with Crippen molar-refractivity contribution in [1.82, 2.24) is 0 Å². The number of aliphatic hydroxyl groups excluding tert-OH is 3. The van der Waals surface area contributed by atoms with E-state index < -0.39 is 65.1 Å². The third kappa shape index (κ3) is 4.55. The van der Waals surface area contributed by atoms with Crippen LogP contribution in [0.15, 0.2) is 6.07 Å². The fraction of sp³-hybridized carbons (Fsp3) is 0.400. The van der Waals surface area contributed by atoms with Crippen molar-refractivity contribution in [2.24, 2.45) is 0 Å². The van der Waals surface area contributed by atoms with Crippen LogP contribution >= 0.6 is 0 Å². The predicted molar refractivity (Wildman–Crippen MR) is 83.0 cm³/mol. The second-order valence-corrected chi connectivity index (χ2v) is 5.40. The van der Waals surface area contributed by atoms with Crippen molar-refractivity contribution in [3.05, 3.63) is 17.2 Å². The summed E-state index contributed by atoms with van der Waals surface area (Å²) in [4.78, 5) is 34.7. The maximum absolute atomic E-state index is 12.3. The Morgan fingerprint density at radius 3 is 2.04 bits per heavy atom. The average Bonchev–Trinajstić information content (AvgIpc) is 2.61. The SMILES string of the molecule is COC(=O)[C@H](OC(=O)c1c(C)cc(O)c(O)c1O)[C@@H](O)[C@@H](O)[C@H](O)C(=O)O. The van der Waals surface area contributed by atoms with Gasteiger partial charge in [-0.15, -0.1) is 0 Å². The monoisotopic (exact) mass is 390 g/mol. The molecule has 7 N–H and O–H groups in total. The van der Waals surface area contributed by atoms with Crippen molar-refractivity contribution in [3.63, 3.8) is 0 Å². The number of hydrogen-bond donors (Lipinski definition) is 7. The van der Waals surface area contributed by atoms with E-state index in [2.05, 4.69) is 9.47 Å². The van der Waals surface area contributed by atoms with Crippen LogP contribution in [0.3, 0.4) is 0 Å². The van der Waals surface area contributed by atoms with Gasteiger partial charge in [0, 0.05) is 0 Å². The van der Waals surface area contributed by atoms with Crippen LogP contribution in [0.2, 0.25) is 0 Å². The largest absolute Gasteiger partial charge is 0.504 e.